The number of hydrogen-bond acceptors (Lipinski definition) is 4. The first kappa shape index (κ1) is 15.5. The summed E-state index contributed by atoms with van der Waals surface area (Å²) in [5.41, 5.74) is 2.49. The number of pyridine rings is 1. The normalized spacial score (nSPS) is 10.6. The number of nitrogens with zero attached hydrogens (tertiary/aromatic N) is 2. The topological polar surface area (TPSA) is 68.0 Å². The first-order valence-electron chi connectivity index (χ1n) is 6.68. The molecule has 0 fully saturated rings. The lowest BCUT2D eigenvalue weighted by Crippen LogP contribution is -2.12. The highest BCUT2D eigenvalue weighted by Gasteiger charge is 2.11. The van der Waals surface area contributed by atoms with Crippen LogP contribution in [0.25, 0.3) is 11.3 Å². The van der Waals surface area contributed by atoms with Crippen molar-refractivity contribution in [2.45, 2.75) is 6.92 Å². The Balaban J connectivity index is 1.87. The molecule has 23 heavy (non-hydrogen) atoms. The van der Waals surface area contributed by atoms with Gasteiger partial charge in [-0.1, -0.05) is 29.3 Å². The van der Waals surface area contributed by atoms with Gasteiger partial charge in [-0.2, -0.15) is 4.98 Å². The fraction of sp³-hybridized carbons (Fsp3) is 0.0625. The molecule has 0 aliphatic carbocycles. The van der Waals surface area contributed by atoms with E-state index in [-0.39, 0.29) is 11.9 Å². The maximum Gasteiger partial charge on any atom is 0.301 e. The Bertz CT molecular complexity index is 877. The van der Waals surface area contributed by atoms with Gasteiger partial charge in [0.25, 0.3) is 5.91 Å². The van der Waals surface area contributed by atoms with E-state index in [9.17, 15) is 4.79 Å². The Morgan fingerprint density at radius 1 is 1.17 bits per heavy atom. The van der Waals surface area contributed by atoms with E-state index >= 15 is 0 Å². The van der Waals surface area contributed by atoms with Gasteiger partial charge >= 0.3 is 6.01 Å². The van der Waals surface area contributed by atoms with Gasteiger partial charge < -0.3 is 4.42 Å². The van der Waals surface area contributed by atoms with Crippen LogP contribution in [0.4, 0.5) is 6.01 Å². The lowest BCUT2D eigenvalue weighted by molar-refractivity contribution is 0.102. The molecule has 1 N–H and O–H groups in total. The van der Waals surface area contributed by atoms with Crippen LogP contribution in [0.5, 0.6) is 0 Å². The molecular formula is C16H11Cl2N3O2. The summed E-state index contributed by atoms with van der Waals surface area (Å²) in [5.74, 6) is -0.337. The number of carbonyl (C=O) groups is 1. The standard InChI is InChI=1S/C16H11Cl2N3O2/c1-9-8-23-16(20-9)21-15(22)11-4-5-19-14(7-11)10-2-3-12(17)13(18)6-10/h2-8H,1H3,(H,20,21,22). The van der Waals surface area contributed by atoms with Crippen LogP contribution in [0.3, 0.4) is 0 Å². The van der Waals surface area contributed by atoms with Crippen molar-refractivity contribution in [3.05, 3.63) is 64.1 Å². The molecule has 2 aromatic heterocycles. The van der Waals surface area contributed by atoms with Gasteiger partial charge in [0.15, 0.2) is 0 Å². The van der Waals surface area contributed by atoms with Crippen molar-refractivity contribution in [1.82, 2.24) is 9.97 Å². The first-order valence-corrected chi connectivity index (χ1v) is 7.43. The maximum absolute atomic E-state index is 12.2. The highest BCUT2D eigenvalue weighted by Crippen LogP contribution is 2.27. The van der Waals surface area contributed by atoms with Crippen LogP contribution in [0.1, 0.15) is 16.1 Å². The van der Waals surface area contributed by atoms with Gasteiger partial charge in [0.1, 0.15) is 6.26 Å². The highest BCUT2D eigenvalue weighted by molar-refractivity contribution is 6.42. The van der Waals surface area contributed by atoms with Crippen molar-refractivity contribution in [1.29, 1.82) is 0 Å². The molecule has 1 amide bonds. The van der Waals surface area contributed by atoms with Crippen LogP contribution < -0.4 is 5.32 Å². The number of aromatic nitrogens is 2. The fourth-order valence-corrected chi connectivity index (χ4v) is 2.26. The van der Waals surface area contributed by atoms with Gasteiger partial charge in [0, 0.05) is 17.3 Å². The van der Waals surface area contributed by atoms with Crippen LogP contribution in [0.15, 0.2) is 47.2 Å². The zero-order chi connectivity index (χ0) is 16.4. The molecule has 3 rings (SSSR count). The summed E-state index contributed by atoms with van der Waals surface area (Å²) in [7, 11) is 0. The second-order valence-corrected chi connectivity index (χ2v) is 5.62. The lowest BCUT2D eigenvalue weighted by Gasteiger charge is -2.05. The molecule has 3 aromatic rings. The maximum atomic E-state index is 12.2. The van der Waals surface area contributed by atoms with Gasteiger partial charge in [0.05, 0.1) is 21.4 Å². The number of nitrogens with one attached hydrogen (secondary N) is 1. The summed E-state index contributed by atoms with van der Waals surface area (Å²) in [6, 6.07) is 8.58. The Morgan fingerprint density at radius 2 is 2.00 bits per heavy atom. The van der Waals surface area contributed by atoms with E-state index in [1.165, 1.54) is 6.26 Å². The van der Waals surface area contributed by atoms with Crippen molar-refractivity contribution < 1.29 is 9.21 Å². The first-order chi connectivity index (χ1) is 11.0. The molecule has 7 heteroatoms. The van der Waals surface area contributed by atoms with Crippen LogP contribution in [0, 0.1) is 6.92 Å². The molecule has 0 aliphatic heterocycles. The van der Waals surface area contributed by atoms with Crippen LogP contribution in [0.2, 0.25) is 10.0 Å². The van der Waals surface area contributed by atoms with Crippen molar-refractivity contribution in [2.24, 2.45) is 0 Å². The van der Waals surface area contributed by atoms with Gasteiger partial charge in [-0.15, -0.1) is 0 Å². The Kier molecular flexibility index (Phi) is 4.32. The molecule has 0 saturated heterocycles. The summed E-state index contributed by atoms with van der Waals surface area (Å²) in [6.07, 6.45) is 3.01. The van der Waals surface area contributed by atoms with Crippen molar-refractivity contribution >= 4 is 35.1 Å². The molecule has 0 atom stereocenters. The molecular weight excluding hydrogens is 337 g/mol. The third-order valence-electron chi connectivity index (χ3n) is 3.08. The Labute approximate surface area is 142 Å². The predicted octanol–water partition coefficient (Wildman–Crippen LogP) is 4.60. The number of anilines is 1. The number of hydrogen-bond donors (Lipinski definition) is 1. The van der Waals surface area contributed by atoms with Gasteiger partial charge in [-0.05, 0) is 31.2 Å². The third kappa shape index (κ3) is 3.52. The Hall–Kier alpha value is -2.37. The average molecular weight is 348 g/mol. The van der Waals surface area contributed by atoms with E-state index in [2.05, 4.69) is 15.3 Å². The number of halogens is 2. The molecule has 116 valence electrons. The monoisotopic (exact) mass is 347 g/mol. The number of benzene rings is 1. The van der Waals surface area contributed by atoms with Gasteiger partial charge in [-0.25, -0.2) is 0 Å². The van der Waals surface area contributed by atoms with Crippen molar-refractivity contribution in [3.63, 3.8) is 0 Å². The summed E-state index contributed by atoms with van der Waals surface area (Å²) in [6.45, 7) is 1.77. The highest BCUT2D eigenvalue weighted by atomic mass is 35.5. The van der Waals surface area contributed by atoms with Crippen LogP contribution in [-0.4, -0.2) is 15.9 Å². The van der Waals surface area contributed by atoms with Gasteiger partial charge in [-0.3, -0.25) is 15.1 Å². The number of aryl methyl sites for hydroxylation is 1. The quantitative estimate of drug-likeness (QED) is 0.751. The lowest BCUT2D eigenvalue weighted by atomic mass is 10.1. The molecule has 0 bridgehead atoms. The van der Waals surface area contributed by atoms with Crippen molar-refractivity contribution in [2.75, 3.05) is 5.32 Å². The number of amides is 1. The van der Waals surface area contributed by atoms with Crippen LogP contribution >= 0.6 is 23.2 Å². The minimum atomic E-state index is -0.337. The van der Waals surface area contributed by atoms with E-state index in [4.69, 9.17) is 27.6 Å². The molecule has 0 saturated carbocycles. The molecule has 2 heterocycles. The van der Waals surface area contributed by atoms with E-state index in [1.54, 1.807) is 43.5 Å². The number of rotatable bonds is 3. The molecule has 0 spiro atoms. The molecule has 0 unspecified atom stereocenters. The average Bonchev–Trinajstić information content (AvgIpc) is 2.95. The molecule has 1 aromatic carbocycles. The summed E-state index contributed by atoms with van der Waals surface area (Å²) in [4.78, 5) is 20.5. The molecule has 5 nitrogen and oxygen atoms in total. The SMILES string of the molecule is Cc1coc(NC(=O)c2ccnc(-c3ccc(Cl)c(Cl)c3)c2)n1. The largest absolute Gasteiger partial charge is 0.432 e. The number of carbonyl (C=O) groups excluding carboxylic acids is 1. The van der Waals surface area contributed by atoms with E-state index in [1.807, 2.05) is 0 Å². The molecule has 0 radical (unpaired) electrons. The van der Waals surface area contributed by atoms with Crippen LogP contribution in [-0.2, 0) is 0 Å². The van der Waals surface area contributed by atoms with E-state index < -0.39 is 0 Å². The zero-order valence-electron chi connectivity index (χ0n) is 12.0. The number of oxazole rings is 1. The van der Waals surface area contributed by atoms with E-state index in [0.29, 0.717) is 27.0 Å². The zero-order valence-corrected chi connectivity index (χ0v) is 13.5. The predicted molar refractivity (Wildman–Crippen MR) is 88.9 cm³/mol. The fourth-order valence-electron chi connectivity index (χ4n) is 1.97. The summed E-state index contributed by atoms with van der Waals surface area (Å²) in [5, 5.41) is 3.48. The van der Waals surface area contributed by atoms with Gasteiger partial charge in [0.2, 0.25) is 0 Å². The van der Waals surface area contributed by atoms with E-state index in [0.717, 1.165) is 5.56 Å². The minimum Gasteiger partial charge on any atom is -0.432 e. The van der Waals surface area contributed by atoms with Crippen molar-refractivity contribution in [3.8, 4) is 11.3 Å². The minimum absolute atomic E-state index is 0.153. The Morgan fingerprint density at radius 3 is 2.70 bits per heavy atom. The second-order valence-electron chi connectivity index (χ2n) is 4.81. The summed E-state index contributed by atoms with van der Waals surface area (Å²) < 4.78 is 5.11. The second kappa shape index (κ2) is 6.40. The third-order valence-corrected chi connectivity index (χ3v) is 3.82. The summed E-state index contributed by atoms with van der Waals surface area (Å²) >= 11 is 11.9. The smallest absolute Gasteiger partial charge is 0.301 e. The molecule has 0 aliphatic rings.